The number of amides is 2. The summed E-state index contributed by atoms with van der Waals surface area (Å²) in [4.78, 5) is 31.9. The number of rotatable bonds is 5. The lowest BCUT2D eigenvalue weighted by molar-refractivity contribution is -0.173. The van der Waals surface area contributed by atoms with Crippen molar-refractivity contribution >= 4 is 11.8 Å². The van der Waals surface area contributed by atoms with Gasteiger partial charge in [-0.2, -0.15) is 0 Å². The molecule has 2 amide bonds. The zero-order chi connectivity index (χ0) is 14.4. The summed E-state index contributed by atoms with van der Waals surface area (Å²) >= 11 is 0. The van der Waals surface area contributed by atoms with Crippen LogP contribution in [-0.2, 0) is 9.63 Å². The van der Waals surface area contributed by atoms with E-state index in [0.717, 1.165) is 11.3 Å². The van der Waals surface area contributed by atoms with E-state index in [9.17, 15) is 14.0 Å². The van der Waals surface area contributed by atoms with Gasteiger partial charge in [-0.05, 0) is 25.5 Å². The lowest BCUT2D eigenvalue weighted by atomic mass is 10.2. The third kappa shape index (κ3) is 3.99. The number of halogens is 1. The van der Waals surface area contributed by atoms with Gasteiger partial charge in [0.1, 0.15) is 11.5 Å². The Morgan fingerprint density at radius 2 is 2.21 bits per heavy atom. The van der Waals surface area contributed by atoms with Gasteiger partial charge in [-0.25, -0.2) is 14.4 Å². The summed E-state index contributed by atoms with van der Waals surface area (Å²) in [6.07, 6.45) is 0.956. The average Bonchev–Trinajstić information content (AvgIpc) is 2.37. The van der Waals surface area contributed by atoms with Crippen molar-refractivity contribution in [3.63, 3.8) is 0 Å². The fourth-order valence-corrected chi connectivity index (χ4v) is 1.51. The number of carbonyl (C=O) groups is 2. The first-order chi connectivity index (χ1) is 8.99. The Morgan fingerprint density at radius 3 is 2.74 bits per heavy atom. The number of hydroxylamine groups is 2. The van der Waals surface area contributed by atoms with E-state index in [1.165, 1.54) is 13.2 Å². The summed E-state index contributed by atoms with van der Waals surface area (Å²) in [5.74, 6) is -1.42. The molecule has 1 N–H and O–H groups in total. The lowest BCUT2D eigenvalue weighted by Crippen LogP contribution is -2.39. The normalized spacial score (nSPS) is 10.1. The Bertz CT molecular complexity index is 475. The van der Waals surface area contributed by atoms with Gasteiger partial charge in [-0.3, -0.25) is 14.4 Å². The van der Waals surface area contributed by atoms with E-state index in [1.807, 2.05) is 0 Å². The van der Waals surface area contributed by atoms with E-state index in [0.29, 0.717) is 12.1 Å². The monoisotopic (exact) mass is 269 g/mol. The lowest BCUT2D eigenvalue weighted by Gasteiger charge is -2.17. The highest BCUT2D eigenvalue weighted by atomic mass is 19.1. The molecule has 0 atom stereocenters. The second kappa shape index (κ2) is 6.79. The number of likely N-dealkylation sites (N-methyl/N-ethyl adjacent to an activating group) is 1. The first-order valence-corrected chi connectivity index (χ1v) is 5.74. The maximum absolute atomic E-state index is 12.9. The van der Waals surface area contributed by atoms with Crippen molar-refractivity contribution in [1.29, 1.82) is 0 Å². The van der Waals surface area contributed by atoms with E-state index in [2.05, 4.69) is 10.3 Å². The highest BCUT2D eigenvalue weighted by Crippen LogP contribution is 2.06. The van der Waals surface area contributed by atoms with E-state index in [4.69, 9.17) is 4.84 Å². The summed E-state index contributed by atoms with van der Waals surface area (Å²) in [7, 11) is 1.37. The Hall–Kier alpha value is -2.02. The Balaban J connectivity index is 2.63. The van der Waals surface area contributed by atoms with Gasteiger partial charge in [-0.1, -0.05) is 0 Å². The Morgan fingerprint density at radius 1 is 1.53 bits per heavy atom. The molecule has 0 bridgehead atoms. The largest absolute Gasteiger partial charge is 0.342 e. The SMILES string of the molecule is CCN(OC)C(=O)CNC(=O)c1ncc(F)cc1C. The van der Waals surface area contributed by atoms with Crippen LogP contribution in [0.1, 0.15) is 23.0 Å². The maximum atomic E-state index is 12.9. The summed E-state index contributed by atoms with van der Waals surface area (Å²) in [6.45, 7) is 3.48. The molecule has 0 aliphatic rings. The van der Waals surface area contributed by atoms with Crippen LogP contribution < -0.4 is 5.32 Å². The second-order valence-electron chi connectivity index (χ2n) is 3.77. The molecule has 7 heteroatoms. The number of hydrogen-bond donors (Lipinski definition) is 1. The van der Waals surface area contributed by atoms with E-state index >= 15 is 0 Å². The van der Waals surface area contributed by atoms with Crippen molar-refractivity contribution in [3.05, 3.63) is 29.3 Å². The van der Waals surface area contributed by atoms with Gasteiger partial charge in [0.15, 0.2) is 0 Å². The summed E-state index contributed by atoms with van der Waals surface area (Å²) < 4.78 is 12.9. The van der Waals surface area contributed by atoms with Crippen LogP contribution in [0.5, 0.6) is 0 Å². The fraction of sp³-hybridized carbons (Fsp3) is 0.417. The standard InChI is InChI=1S/C12H16FN3O3/c1-4-16(19-3)10(17)7-15-12(18)11-8(2)5-9(13)6-14-11/h5-6H,4,7H2,1-3H3,(H,15,18). The number of aryl methyl sites for hydroxylation is 1. The molecule has 0 saturated carbocycles. The molecule has 6 nitrogen and oxygen atoms in total. The second-order valence-corrected chi connectivity index (χ2v) is 3.77. The topological polar surface area (TPSA) is 71.5 Å². The summed E-state index contributed by atoms with van der Waals surface area (Å²) in [6, 6.07) is 1.21. The number of aromatic nitrogens is 1. The van der Waals surface area contributed by atoms with Crippen molar-refractivity contribution in [2.75, 3.05) is 20.2 Å². The molecule has 1 rings (SSSR count). The zero-order valence-electron chi connectivity index (χ0n) is 11.1. The van der Waals surface area contributed by atoms with E-state index < -0.39 is 11.7 Å². The third-order valence-electron chi connectivity index (χ3n) is 2.45. The van der Waals surface area contributed by atoms with Crippen LogP contribution in [0.2, 0.25) is 0 Å². The molecule has 0 radical (unpaired) electrons. The van der Waals surface area contributed by atoms with Crippen LogP contribution in [0.3, 0.4) is 0 Å². The molecule has 0 aliphatic carbocycles. The minimum Gasteiger partial charge on any atom is -0.342 e. The van der Waals surface area contributed by atoms with Gasteiger partial charge in [0, 0.05) is 6.54 Å². The summed E-state index contributed by atoms with van der Waals surface area (Å²) in [5, 5.41) is 3.53. The molecule has 0 fully saturated rings. The van der Waals surface area contributed by atoms with E-state index in [1.54, 1.807) is 13.8 Å². The first-order valence-electron chi connectivity index (χ1n) is 5.74. The molecule has 0 saturated heterocycles. The molecule has 0 aliphatic heterocycles. The number of pyridine rings is 1. The van der Waals surface area contributed by atoms with Crippen molar-refractivity contribution in [1.82, 2.24) is 15.4 Å². The molecule has 1 aromatic rings. The molecule has 1 heterocycles. The molecule has 0 spiro atoms. The molecule has 0 aromatic carbocycles. The maximum Gasteiger partial charge on any atom is 0.270 e. The minimum atomic E-state index is -0.530. The van der Waals surface area contributed by atoms with Gasteiger partial charge in [0.25, 0.3) is 11.8 Å². The van der Waals surface area contributed by atoms with Crippen LogP contribution >= 0.6 is 0 Å². The molecule has 19 heavy (non-hydrogen) atoms. The molecule has 0 unspecified atom stereocenters. The van der Waals surface area contributed by atoms with Gasteiger partial charge in [-0.15, -0.1) is 0 Å². The van der Waals surface area contributed by atoms with Crippen molar-refractivity contribution in [3.8, 4) is 0 Å². The third-order valence-corrected chi connectivity index (χ3v) is 2.45. The fourth-order valence-electron chi connectivity index (χ4n) is 1.51. The van der Waals surface area contributed by atoms with Crippen LogP contribution in [0.15, 0.2) is 12.3 Å². The molecular weight excluding hydrogens is 253 g/mol. The molecule has 104 valence electrons. The number of nitrogens with one attached hydrogen (secondary N) is 1. The zero-order valence-corrected chi connectivity index (χ0v) is 11.1. The predicted molar refractivity (Wildman–Crippen MR) is 65.7 cm³/mol. The van der Waals surface area contributed by atoms with Crippen LogP contribution in [0.25, 0.3) is 0 Å². The predicted octanol–water partition coefficient (Wildman–Crippen LogP) is 0.669. The number of hydrogen-bond acceptors (Lipinski definition) is 4. The van der Waals surface area contributed by atoms with Crippen LogP contribution in [-0.4, -0.2) is 42.1 Å². The minimum absolute atomic E-state index is 0.0923. The van der Waals surface area contributed by atoms with Crippen LogP contribution in [0.4, 0.5) is 4.39 Å². The van der Waals surface area contributed by atoms with Gasteiger partial charge >= 0.3 is 0 Å². The smallest absolute Gasteiger partial charge is 0.270 e. The number of carbonyl (C=O) groups excluding carboxylic acids is 2. The highest BCUT2D eigenvalue weighted by molar-refractivity contribution is 5.95. The quantitative estimate of drug-likeness (QED) is 0.797. The average molecular weight is 269 g/mol. The van der Waals surface area contributed by atoms with Crippen molar-refractivity contribution in [2.45, 2.75) is 13.8 Å². The van der Waals surface area contributed by atoms with Gasteiger partial charge in [0.2, 0.25) is 0 Å². The van der Waals surface area contributed by atoms with Crippen molar-refractivity contribution < 1.29 is 18.8 Å². The first kappa shape index (κ1) is 15.0. The summed E-state index contributed by atoms with van der Waals surface area (Å²) in [5.41, 5.74) is 0.499. The molecular formula is C12H16FN3O3. The number of nitrogens with zero attached hydrogens (tertiary/aromatic N) is 2. The highest BCUT2D eigenvalue weighted by Gasteiger charge is 2.15. The van der Waals surface area contributed by atoms with Crippen molar-refractivity contribution in [2.24, 2.45) is 0 Å². The van der Waals surface area contributed by atoms with E-state index in [-0.39, 0.29) is 18.1 Å². The molecule has 1 aromatic heterocycles. The van der Waals surface area contributed by atoms with Gasteiger partial charge < -0.3 is 5.32 Å². The Kier molecular flexibility index (Phi) is 5.37. The van der Waals surface area contributed by atoms with Gasteiger partial charge in [0.05, 0.1) is 19.9 Å². The van der Waals surface area contributed by atoms with Crippen LogP contribution in [0, 0.1) is 12.7 Å². The Labute approximate surface area is 110 Å².